The Hall–Kier alpha value is -1.59. The molecule has 1 amide bonds. The third kappa shape index (κ3) is 3.05. The summed E-state index contributed by atoms with van der Waals surface area (Å²) in [5, 5.41) is 3.65. The van der Waals surface area contributed by atoms with Crippen molar-refractivity contribution in [3.05, 3.63) is 34.9 Å². The number of rotatable bonds is 2. The first-order chi connectivity index (χ1) is 9.13. The van der Waals surface area contributed by atoms with Gasteiger partial charge in [0.2, 0.25) is 0 Å². The summed E-state index contributed by atoms with van der Waals surface area (Å²) in [6, 6.07) is 6.04. The normalized spacial score (nSPS) is 19.1. The van der Waals surface area contributed by atoms with Gasteiger partial charge >= 0.3 is 5.97 Å². The molecule has 0 aliphatic carbocycles. The number of halogens is 1. The van der Waals surface area contributed by atoms with E-state index in [0.29, 0.717) is 30.2 Å². The summed E-state index contributed by atoms with van der Waals surface area (Å²) in [6.45, 7) is 1.54. The Labute approximate surface area is 116 Å². The number of ether oxygens (including phenoxy) is 1. The lowest BCUT2D eigenvalue weighted by Gasteiger charge is -2.34. The molecule has 1 aromatic rings. The molecule has 1 fully saturated rings. The van der Waals surface area contributed by atoms with E-state index in [2.05, 4.69) is 5.32 Å². The van der Waals surface area contributed by atoms with E-state index in [-0.39, 0.29) is 5.91 Å². The topological polar surface area (TPSA) is 58.6 Å². The minimum absolute atomic E-state index is 0.187. The Bertz CT molecular complexity index is 475. The first kappa shape index (κ1) is 13.8. The number of carbonyl (C=O) groups is 2. The Morgan fingerprint density at radius 3 is 2.68 bits per heavy atom. The van der Waals surface area contributed by atoms with Crippen molar-refractivity contribution < 1.29 is 14.3 Å². The van der Waals surface area contributed by atoms with Gasteiger partial charge in [0.1, 0.15) is 6.04 Å². The molecule has 19 heavy (non-hydrogen) atoms. The zero-order valence-corrected chi connectivity index (χ0v) is 11.3. The van der Waals surface area contributed by atoms with Gasteiger partial charge < -0.3 is 15.0 Å². The largest absolute Gasteiger partial charge is 0.467 e. The SMILES string of the molecule is COC(=O)[C@H]1CNCCN1C(=O)c1ccc(Cl)cc1. The number of amides is 1. The van der Waals surface area contributed by atoms with Crippen LogP contribution < -0.4 is 5.32 Å². The van der Waals surface area contributed by atoms with Gasteiger partial charge in [-0.15, -0.1) is 0 Å². The second kappa shape index (κ2) is 6.04. The maximum Gasteiger partial charge on any atom is 0.329 e. The van der Waals surface area contributed by atoms with Crippen molar-refractivity contribution in [3.8, 4) is 0 Å². The maximum atomic E-state index is 12.4. The van der Waals surface area contributed by atoms with Crippen LogP contribution in [0.4, 0.5) is 0 Å². The van der Waals surface area contributed by atoms with Crippen LogP contribution in [0.15, 0.2) is 24.3 Å². The fourth-order valence-electron chi connectivity index (χ4n) is 2.05. The predicted molar refractivity (Wildman–Crippen MR) is 71.2 cm³/mol. The molecule has 0 bridgehead atoms. The number of benzene rings is 1. The number of nitrogens with one attached hydrogen (secondary N) is 1. The molecule has 102 valence electrons. The van der Waals surface area contributed by atoms with Crippen molar-refractivity contribution in [3.63, 3.8) is 0 Å². The standard InChI is InChI=1S/C13H15ClN2O3/c1-19-13(18)11-8-15-6-7-16(11)12(17)9-2-4-10(14)5-3-9/h2-5,11,15H,6-8H2,1H3/t11-/m1/s1. The highest BCUT2D eigenvalue weighted by Crippen LogP contribution is 2.14. The average Bonchev–Trinajstić information content (AvgIpc) is 2.46. The summed E-state index contributed by atoms with van der Waals surface area (Å²) in [5.41, 5.74) is 0.514. The van der Waals surface area contributed by atoms with Gasteiger partial charge in [-0.1, -0.05) is 11.6 Å². The van der Waals surface area contributed by atoms with E-state index in [4.69, 9.17) is 16.3 Å². The summed E-state index contributed by atoms with van der Waals surface area (Å²) in [4.78, 5) is 25.6. The number of carbonyl (C=O) groups excluding carboxylic acids is 2. The monoisotopic (exact) mass is 282 g/mol. The van der Waals surface area contributed by atoms with E-state index in [1.807, 2.05) is 0 Å². The van der Waals surface area contributed by atoms with Crippen LogP contribution in [-0.4, -0.2) is 49.6 Å². The smallest absolute Gasteiger partial charge is 0.329 e. The third-order valence-corrected chi connectivity index (χ3v) is 3.32. The number of hydrogen-bond donors (Lipinski definition) is 1. The minimum Gasteiger partial charge on any atom is -0.467 e. The van der Waals surface area contributed by atoms with Crippen molar-refractivity contribution in [2.75, 3.05) is 26.7 Å². The van der Waals surface area contributed by atoms with Gasteiger partial charge in [0.05, 0.1) is 7.11 Å². The van der Waals surface area contributed by atoms with Gasteiger partial charge in [-0.2, -0.15) is 0 Å². The summed E-state index contributed by atoms with van der Waals surface area (Å²) in [5.74, 6) is -0.594. The van der Waals surface area contributed by atoms with E-state index in [1.165, 1.54) is 12.0 Å². The van der Waals surface area contributed by atoms with Gasteiger partial charge in [0.25, 0.3) is 5.91 Å². The first-order valence-electron chi connectivity index (χ1n) is 5.98. The molecule has 1 aliphatic heterocycles. The van der Waals surface area contributed by atoms with Gasteiger partial charge in [0, 0.05) is 30.2 Å². The molecule has 1 saturated heterocycles. The Balaban J connectivity index is 2.20. The van der Waals surface area contributed by atoms with Crippen molar-refractivity contribution in [1.82, 2.24) is 10.2 Å². The highest BCUT2D eigenvalue weighted by atomic mass is 35.5. The van der Waals surface area contributed by atoms with Crippen molar-refractivity contribution in [2.45, 2.75) is 6.04 Å². The van der Waals surface area contributed by atoms with Crippen molar-refractivity contribution >= 4 is 23.5 Å². The number of methoxy groups -OCH3 is 1. The second-order valence-corrected chi connectivity index (χ2v) is 4.68. The first-order valence-corrected chi connectivity index (χ1v) is 6.36. The Morgan fingerprint density at radius 2 is 2.05 bits per heavy atom. The van der Waals surface area contributed by atoms with Crippen LogP contribution in [0.1, 0.15) is 10.4 Å². The molecule has 0 saturated carbocycles. The molecule has 0 radical (unpaired) electrons. The van der Waals surface area contributed by atoms with E-state index < -0.39 is 12.0 Å². The lowest BCUT2D eigenvalue weighted by Crippen LogP contribution is -2.57. The zero-order valence-electron chi connectivity index (χ0n) is 10.6. The highest BCUT2D eigenvalue weighted by molar-refractivity contribution is 6.30. The summed E-state index contributed by atoms with van der Waals surface area (Å²) in [6.07, 6.45) is 0. The quantitative estimate of drug-likeness (QED) is 0.820. The second-order valence-electron chi connectivity index (χ2n) is 4.25. The molecule has 0 spiro atoms. The van der Waals surface area contributed by atoms with E-state index >= 15 is 0 Å². The molecule has 0 unspecified atom stereocenters. The Kier molecular flexibility index (Phi) is 4.39. The van der Waals surface area contributed by atoms with Crippen LogP contribution in [0.2, 0.25) is 5.02 Å². The van der Waals surface area contributed by atoms with Gasteiger partial charge in [-0.05, 0) is 24.3 Å². The van der Waals surface area contributed by atoms with E-state index in [9.17, 15) is 9.59 Å². The lowest BCUT2D eigenvalue weighted by atomic mass is 10.1. The molecule has 1 heterocycles. The van der Waals surface area contributed by atoms with Gasteiger partial charge in [-0.25, -0.2) is 4.79 Å². The molecular weight excluding hydrogens is 268 g/mol. The fourth-order valence-corrected chi connectivity index (χ4v) is 2.18. The van der Waals surface area contributed by atoms with Crippen molar-refractivity contribution in [2.24, 2.45) is 0 Å². The molecule has 6 heteroatoms. The number of nitrogens with zero attached hydrogens (tertiary/aromatic N) is 1. The van der Waals surface area contributed by atoms with Gasteiger partial charge in [0.15, 0.2) is 0 Å². The Morgan fingerprint density at radius 1 is 1.37 bits per heavy atom. The summed E-state index contributed by atoms with van der Waals surface area (Å²) in [7, 11) is 1.32. The van der Waals surface area contributed by atoms with Crippen LogP contribution >= 0.6 is 11.6 Å². The molecule has 0 aromatic heterocycles. The van der Waals surface area contributed by atoms with Crippen LogP contribution in [0.25, 0.3) is 0 Å². The number of piperazine rings is 1. The fraction of sp³-hybridized carbons (Fsp3) is 0.385. The molecule has 5 nitrogen and oxygen atoms in total. The number of hydrogen-bond acceptors (Lipinski definition) is 4. The molecule has 1 N–H and O–H groups in total. The minimum atomic E-state index is -0.582. The third-order valence-electron chi connectivity index (χ3n) is 3.07. The zero-order chi connectivity index (χ0) is 13.8. The molecule has 2 rings (SSSR count). The van der Waals surface area contributed by atoms with Crippen LogP contribution in [0, 0.1) is 0 Å². The maximum absolute atomic E-state index is 12.4. The highest BCUT2D eigenvalue weighted by Gasteiger charge is 2.33. The summed E-state index contributed by atoms with van der Waals surface area (Å²) >= 11 is 5.79. The van der Waals surface area contributed by atoms with Gasteiger partial charge in [-0.3, -0.25) is 4.79 Å². The lowest BCUT2D eigenvalue weighted by molar-refractivity contribution is -0.146. The summed E-state index contributed by atoms with van der Waals surface area (Å²) < 4.78 is 4.73. The molecule has 1 atom stereocenters. The van der Waals surface area contributed by atoms with Crippen LogP contribution in [0.5, 0.6) is 0 Å². The number of esters is 1. The van der Waals surface area contributed by atoms with Crippen LogP contribution in [0.3, 0.4) is 0 Å². The van der Waals surface area contributed by atoms with E-state index in [0.717, 1.165) is 0 Å². The predicted octanol–water partition coefficient (Wildman–Crippen LogP) is 0.927. The molecule has 1 aliphatic rings. The molecule has 1 aromatic carbocycles. The average molecular weight is 283 g/mol. The van der Waals surface area contributed by atoms with Crippen molar-refractivity contribution in [1.29, 1.82) is 0 Å². The van der Waals surface area contributed by atoms with E-state index in [1.54, 1.807) is 24.3 Å². The van der Waals surface area contributed by atoms with Crippen LogP contribution in [-0.2, 0) is 9.53 Å². The molecular formula is C13H15ClN2O3.